The second-order valence-electron chi connectivity index (χ2n) is 7.00. The number of carbonyl (C=O) groups is 2. The molecule has 2 N–H and O–H groups in total. The van der Waals surface area contributed by atoms with Crippen LogP contribution in [0, 0.1) is 0 Å². The summed E-state index contributed by atoms with van der Waals surface area (Å²) in [5.41, 5.74) is 2.77. The van der Waals surface area contributed by atoms with Crippen LogP contribution in [0.3, 0.4) is 0 Å². The fourth-order valence-electron chi connectivity index (χ4n) is 3.06. The van der Waals surface area contributed by atoms with Gasteiger partial charge < -0.3 is 14.8 Å². The van der Waals surface area contributed by atoms with E-state index in [1.54, 1.807) is 35.7 Å². The van der Waals surface area contributed by atoms with Crippen molar-refractivity contribution in [1.82, 2.24) is 4.98 Å². The number of anilines is 1. The number of nitrogens with zero attached hydrogens (tertiary/aromatic N) is 1. The zero-order chi connectivity index (χ0) is 23.5. The molecule has 166 valence electrons. The molecule has 4 aromatic rings. The van der Waals surface area contributed by atoms with Gasteiger partial charge in [-0.15, -0.1) is 11.3 Å². The summed E-state index contributed by atoms with van der Waals surface area (Å²) >= 11 is 11.1. The van der Waals surface area contributed by atoms with Gasteiger partial charge >= 0.3 is 5.97 Å². The first-order valence-corrected chi connectivity index (χ1v) is 11.7. The van der Waals surface area contributed by atoms with Crippen molar-refractivity contribution < 1.29 is 19.1 Å². The van der Waals surface area contributed by atoms with Gasteiger partial charge in [0.05, 0.1) is 11.4 Å². The highest BCUT2D eigenvalue weighted by Gasteiger charge is 2.15. The van der Waals surface area contributed by atoms with Crippen molar-refractivity contribution in [1.29, 1.82) is 0 Å². The van der Waals surface area contributed by atoms with Crippen LogP contribution in [-0.4, -0.2) is 22.0 Å². The van der Waals surface area contributed by atoms with Crippen LogP contribution in [0.2, 0.25) is 5.02 Å². The largest absolute Gasteiger partial charge is 0.481 e. The molecular formula is C24H16BrClN2O4S. The SMILES string of the molecule is C=C(C(=O)Nc1ccc(-c2ccc(-c3csc(CC(=O)O)n3)o2)c(Cl)c1)c1cccc(Br)c1. The first-order chi connectivity index (χ1) is 15.8. The highest BCUT2D eigenvalue weighted by Crippen LogP contribution is 2.35. The predicted molar refractivity (Wildman–Crippen MR) is 133 cm³/mol. The van der Waals surface area contributed by atoms with Gasteiger partial charge in [0.25, 0.3) is 5.91 Å². The van der Waals surface area contributed by atoms with Gasteiger partial charge in [0.15, 0.2) is 5.76 Å². The van der Waals surface area contributed by atoms with Crippen molar-refractivity contribution in [3.63, 3.8) is 0 Å². The van der Waals surface area contributed by atoms with Gasteiger partial charge in [0.1, 0.15) is 16.5 Å². The zero-order valence-corrected chi connectivity index (χ0v) is 20.1. The van der Waals surface area contributed by atoms with Crippen molar-refractivity contribution >= 4 is 62.0 Å². The number of nitrogens with one attached hydrogen (secondary N) is 1. The number of furan rings is 1. The minimum atomic E-state index is -0.935. The van der Waals surface area contributed by atoms with Gasteiger partial charge in [0.2, 0.25) is 0 Å². The summed E-state index contributed by atoms with van der Waals surface area (Å²) in [6.07, 6.45) is -0.134. The Morgan fingerprint density at radius 1 is 1.15 bits per heavy atom. The number of carboxylic acid groups (broad SMARTS) is 1. The van der Waals surface area contributed by atoms with Crippen molar-refractivity contribution in [2.24, 2.45) is 0 Å². The molecule has 4 rings (SSSR count). The fraction of sp³-hybridized carbons (Fsp3) is 0.0417. The predicted octanol–water partition coefficient (Wildman–Crippen LogP) is 6.77. The lowest BCUT2D eigenvalue weighted by atomic mass is 10.1. The zero-order valence-electron chi connectivity index (χ0n) is 17.0. The van der Waals surface area contributed by atoms with Crippen LogP contribution in [0.1, 0.15) is 10.6 Å². The quantitative estimate of drug-likeness (QED) is 0.251. The van der Waals surface area contributed by atoms with Crippen molar-refractivity contribution in [2.45, 2.75) is 6.42 Å². The molecule has 0 atom stereocenters. The Labute approximate surface area is 206 Å². The molecule has 0 unspecified atom stereocenters. The Kier molecular flexibility index (Phi) is 6.78. The number of thiazole rings is 1. The molecule has 6 nitrogen and oxygen atoms in total. The number of aliphatic carboxylic acids is 1. The molecule has 0 saturated carbocycles. The Bertz CT molecular complexity index is 1380. The summed E-state index contributed by atoms with van der Waals surface area (Å²) < 4.78 is 6.75. The Morgan fingerprint density at radius 2 is 1.94 bits per heavy atom. The molecule has 9 heteroatoms. The lowest BCUT2D eigenvalue weighted by molar-refractivity contribution is -0.136. The van der Waals surface area contributed by atoms with Crippen LogP contribution in [-0.2, 0) is 16.0 Å². The fourth-order valence-corrected chi connectivity index (χ4v) is 4.51. The van der Waals surface area contributed by atoms with E-state index in [1.807, 2.05) is 24.3 Å². The van der Waals surface area contributed by atoms with Crippen LogP contribution >= 0.6 is 38.9 Å². The lowest BCUT2D eigenvalue weighted by Crippen LogP contribution is -2.12. The molecule has 33 heavy (non-hydrogen) atoms. The third-order valence-electron chi connectivity index (χ3n) is 4.65. The average molecular weight is 544 g/mol. The smallest absolute Gasteiger partial charge is 0.310 e. The Hall–Kier alpha value is -3.20. The van der Waals surface area contributed by atoms with E-state index in [4.69, 9.17) is 21.1 Å². The molecule has 0 radical (unpaired) electrons. The van der Waals surface area contributed by atoms with E-state index >= 15 is 0 Å². The summed E-state index contributed by atoms with van der Waals surface area (Å²) in [5.74, 6) is -0.232. The number of hydrogen-bond acceptors (Lipinski definition) is 5. The molecule has 2 aromatic heterocycles. The highest BCUT2D eigenvalue weighted by molar-refractivity contribution is 9.10. The molecule has 0 fully saturated rings. The van der Waals surface area contributed by atoms with E-state index in [2.05, 4.69) is 32.8 Å². The molecule has 0 aliphatic carbocycles. The minimum Gasteiger partial charge on any atom is -0.481 e. The van der Waals surface area contributed by atoms with Gasteiger partial charge in [-0.1, -0.05) is 46.2 Å². The number of benzene rings is 2. The molecule has 2 heterocycles. The second-order valence-corrected chi connectivity index (χ2v) is 9.26. The molecule has 0 aliphatic heterocycles. The summed E-state index contributed by atoms with van der Waals surface area (Å²) in [6.45, 7) is 3.88. The maximum absolute atomic E-state index is 12.6. The summed E-state index contributed by atoms with van der Waals surface area (Å²) in [4.78, 5) is 27.7. The van der Waals surface area contributed by atoms with Crippen LogP contribution in [0.25, 0.3) is 28.4 Å². The molecule has 0 bridgehead atoms. The van der Waals surface area contributed by atoms with Crippen molar-refractivity contribution in [2.75, 3.05) is 5.32 Å². The second kappa shape index (κ2) is 9.74. The third-order valence-corrected chi connectivity index (χ3v) is 6.31. The normalized spacial score (nSPS) is 10.7. The molecular weight excluding hydrogens is 528 g/mol. The van der Waals surface area contributed by atoms with Gasteiger partial charge in [0, 0.05) is 26.7 Å². The maximum Gasteiger partial charge on any atom is 0.310 e. The lowest BCUT2D eigenvalue weighted by Gasteiger charge is -2.10. The number of amides is 1. The van der Waals surface area contributed by atoms with Gasteiger partial charge in [-0.2, -0.15) is 0 Å². The highest BCUT2D eigenvalue weighted by atomic mass is 79.9. The summed E-state index contributed by atoms with van der Waals surface area (Å²) in [7, 11) is 0. The standard InChI is InChI=1S/C24H16BrClN2O4S/c1-13(14-3-2-4-15(25)9-14)24(31)27-16-5-6-17(18(26)10-16)20-7-8-21(32-20)19-12-33-22(28-19)11-23(29)30/h2-10,12H,1,11H2,(H,27,31)(H,29,30). The Morgan fingerprint density at radius 3 is 2.67 bits per heavy atom. The number of carbonyl (C=O) groups excluding carboxylic acids is 1. The number of halogens is 2. The van der Waals surface area contributed by atoms with Crippen molar-refractivity contribution in [3.05, 3.63) is 86.6 Å². The number of hydrogen-bond donors (Lipinski definition) is 2. The summed E-state index contributed by atoms with van der Waals surface area (Å²) in [5, 5.41) is 14.3. The summed E-state index contributed by atoms with van der Waals surface area (Å²) in [6, 6.07) is 16.0. The van der Waals surface area contributed by atoms with Gasteiger partial charge in [-0.05, 0) is 48.0 Å². The van der Waals surface area contributed by atoms with E-state index < -0.39 is 5.97 Å². The first-order valence-electron chi connectivity index (χ1n) is 9.62. The maximum atomic E-state index is 12.6. The molecule has 2 aromatic carbocycles. The van der Waals surface area contributed by atoms with E-state index in [1.165, 1.54) is 11.3 Å². The minimum absolute atomic E-state index is 0.134. The van der Waals surface area contributed by atoms with E-state index in [0.29, 0.717) is 49.6 Å². The van der Waals surface area contributed by atoms with Gasteiger partial charge in [-0.3, -0.25) is 9.59 Å². The number of rotatable bonds is 7. The molecule has 1 amide bonds. The number of aromatic nitrogens is 1. The monoisotopic (exact) mass is 542 g/mol. The van der Waals surface area contributed by atoms with Crippen molar-refractivity contribution in [3.8, 4) is 22.8 Å². The third kappa shape index (κ3) is 5.42. The molecule has 0 aliphatic rings. The van der Waals surface area contributed by atoms with Gasteiger partial charge in [-0.25, -0.2) is 4.98 Å². The number of carboxylic acids is 1. The van der Waals surface area contributed by atoms with Crippen LogP contribution < -0.4 is 5.32 Å². The van der Waals surface area contributed by atoms with Crippen LogP contribution in [0.4, 0.5) is 5.69 Å². The van der Waals surface area contributed by atoms with Crippen LogP contribution in [0.5, 0.6) is 0 Å². The molecule has 0 saturated heterocycles. The first kappa shape index (κ1) is 23.0. The van der Waals surface area contributed by atoms with Crippen LogP contribution in [0.15, 0.2) is 75.4 Å². The molecule has 0 spiro atoms. The van der Waals surface area contributed by atoms with E-state index in [0.717, 1.165) is 4.47 Å². The van der Waals surface area contributed by atoms with E-state index in [9.17, 15) is 9.59 Å². The topological polar surface area (TPSA) is 92.4 Å². The average Bonchev–Trinajstić information content (AvgIpc) is 3.42. The van der Waals surface area contributed by atoms with E-state index in [-0.39, 0.29) is 12.3 Å². The Balaban J connectivity index is 1.49.